The molecule has 8 nitrogen and oxygen atoms in total. The van der Waals surface area contributed by atoms with Gasteiger partial charge in [0.1, 0.15) is 6.61 Å². The maximum Gasteiger partial charge on any atom is 0.469 e. The van der Waals surface area contributed by atoms with Crippen LogP contribution in [-0.4, -0.2) is 41.0 Å². The SMILES string of the molecule is CCCCCCCCCCCCCCCCCC(=O)O[C@H](COC(=O)CCCCCC)COP(=O)(O)O. The maximum atomic E-state index is 12.2. The van der Waals surface area contributed by atoms with Crippen LogP contribution in [-0.2, 0) is 28.2 Å². The highest BCUT2D eigenvalue weighted by atomic mass is 31.2. The third-order valence-electron chi connectivity index (χ3n) is 6.38. The molecule has 0 fully saturated rings. The first-order chi connectivity index (χ1) is 17.8. The molecule has 0 amide bonds. The first-order valence-electron chi connectivity index (χ1n) is 14.8. The summed E-state index contributed by atoms with van der Waals surface area (Å²) in [7, 11) is -4.72. The normalized spacial score (nSPS) is 12.4. The van der Waals surface area contributed by atoms with Gasteiger partial charge in [0.05, 0.1) is 6.61 Å². The van der Waals surface area contributed by atoms with Gasteiger partial charge in [-0.2, -0.15) is 0 Å². The highest BCUT2D eigenvalue weighted by Crippen LogP contribution is 2.35. The van der Waals surface area contributed by atoms with Gasteiger partial charge in [0.15, 0.2) is 6.10 Å². The second-order valence-corrected chi connectivity index (χ2v) is 11.3. The van der Waals surface area contributed by atoms with Crippen LogP contribution in [0.3, 0.4) is 0 Å². The Hall–Kier alpha value is -0.950. The van der Waals surface area contributed by atoms with Crippen molar-refractivity contribution < 1.29 is 37.9 Å². The van der Waals surface area contributed by atoms with Crippen LogP contribution in [0, 0.1) is 0 Å². The lowest BCUT2D eigenvalue weighted by Gasteiger charge is -2.18. The van der Waals surface area contributed by atoms with Crippen LogP contribution in [0.2, 0.25) is 0 Å². The van der Waals surface area contributed by atoms with E-state index in [1.165, 1.54) is 77.0 Å². The van der Waals surface area contributed by atoms with Gasteiger partial charge in [0, 0.05) is 12.8 Å². The molecule has 37 heavy (non-hydrogen) atoms. The third kappa shape index (κ3) is 27.9. The first kappa shape index (κ1) is 36.0. The van der Waals surface area contributed by atoms with Crippen molar-refractivity contribution in [2.75, 3.05) is 13.2 Å². The Kier molecular flexibility index (Phi) is 24.7. The van der Waals surface area contributed by atoms with Crippen molar-refractivity contribution in [3.63, 3.8) is 0 Å². The van der Waals surface area contributed by atoms with Crippen LogP contribution in [0.4, 0.5) is 0 Å². The van der Waals surface area contributed by atoms with Crippen LogP contribution >= 0.6 is 7.82 Å². The van der Waals surface area contributed by atoms with Gasteiger partial charge >= 0.3 is 19.8 Å². The molecule has 0 radical (unpaired) electrons. The molecule has 0 aromatic rings. The van der Waals surface area contributed by atoms with E-state index in [9.17, 15) is 14.2 Å². The third-order valence-corrected chi connectivity index (χ3v) is 6.86. The Labute approximate surface area is 225 Å². The molecule has 0 aromatic carbocycles. The molecular formula is C28H55O8P. The van der Waals surface area contributed by atoms with Gasteiger partial charge in [-0.3, -0.25) is 14.1 Å². The number of ether oxygens (including phenoxy) is 2. The van der Waals surface area contributed by atoms with Gasteiger partial charge in [-0.05, 0) is 12.8 Å². The number of rotatable bonds is 27. The second kappa shape index (κ2) is 25.3. The van der Waals surface area contributed by atoms with Gasteiger partial charge < -0.3 is 19.3 Å². The van der Waals surface area contributed by atoms with Crippen molar-refractivity contribution in [3.8, 4) is 0 Å². The monoisotopic (exact) mass is 550 g/mol. The number of phosphoric acid groups is 1. The minimum Gasteiger partial charge on any atom is -0.462 e. The summed E-state index contributed by atoms with van der Waals surface area (Å²) in [5.41, 5.74) is 0. The Morgan fingerprint density at radius 2 is 0.973 bits per heavy atom. The molecule has 0 aliphatic carbocycles. The molecule has 0 saturated carbocycles. The summed E-state index contributed by atoms with van der Waals surface area (Å²) in [6.45, 7) is 3.52. The quantitative estimate of drug-likeness (QED) is 0.0604. The van der Waals surface area contributed by atoms with Crippen LogP contribution in [0.5, 0.6) is 0 Å². The number of phosphoric ester groups is 1. The van der Waals surface area contributed by atoms with E-state index < -0.39 is 32.5 Å². The molecule has 9 heteroatoms. The average Bonchev–Trinajstić information content (AvgIpc) is 2.85. The minimum absolute atomic E-state index is 0.218. The average molecular weight is 551 g/mol. The van der Waals surface area contributed by atoms with Crippen LogP contribution in [0.25, 0.3) is 0 Å². The number of unbranched alkanes of at least 4 members (excludes halogenated alkanes) is 17. The van der Waals surface area contributed by atoms with Gasteiger partial charge in [-0.1, -0.05) is 123 Å². The van der Waals surface area contributed by atoms with Gasteiger partial charge in [0.25, 0.3) is 0 Å². The van der Waals surface area contributed by atoms with Crippen molar-refractivity contribution in [1.29, 1.82) is 0 Å². The molecule has 220 valence electrons. The molecule has 0 aliphatic heterocycles. The van der Waals surface area contributed by atoms with E-state index in [1.54, 1.807) is 0 Å². The predicted octanol–water partition coefficient (Wildman–Crippen LogP) is 7.78. The van der Waals surface area contributed by atoms with Crippen LogP contribution in [0.15, 0.2) is 0 Å². The molecule has 1 atom stereocenters. The molecule has 0 rings (SSSR count). The standard InChI is InChI=1S/C28H55O8P/c1-3-5-7-9-10-11-12-13-14-15-16-17-18-19-21-23-28(30)36-26(25-35-37(31,32)33)24-34-27(29)22-20-8-6-4-2/h26H,3-25H2,1-2H3,(H2,31,32,33)/t26-/m1/s1. The second-order valence-electron chi connectivity index (χ2n) is 10.1. The van der Waals surface area contributed by atoms with Crippen molar-refractivity contribution in [2.45, 2.75) is 155 Å². The maximum absolute atomic E-state index is 12.2. The van der Waals surface area contributed by atoms with E-state index in [0.29, 0.717) is 6.42 Å². The molecule has 0 bridgehead atoms. The number of carbonyl (C=O) groups excluding carboxylic acids is 2. The zero-order chi connectivity index (χ0) is 27.6. The van der Waals surface area contributed by atoms with Crippen molar-refractivity contribution in [3.05, 3.63) is 0 Å². The Balaban J connectivity index is 3.90. The summed E-state index contributed by atoms with van der Waals surface area (Å²) in [4.78, 5) is 41.9. The summed E-state index contributed by atoms with van der Waals surface area (Å²) >= 11 is 0. The van der Waals surface area contributed by atoms with Gasteiger partial charge in [0.2, 0.25) is 0 Å². The fourth-order valence-electron chi connectivity index (χ4n) is 4.14. The smallest absolute Gasteiger partial charge is 0.462 e. The van der Waals surface area contributed by atoms with E-state index in [1.807, 2.05) is 0 Å². The lowest BCUT2D eigenvalue weighted by molar-refractivity contribution is -0.161. The number of esters is 2. The first-order valence-corrected chi connectivity index (χ1v) is 16.4. The molecule has 0 unspecified atom stereocenters. The summed E-state index contributed by atoms with van der Waals surface area (Å²) in [5, 5.41) is 0. The fraction of sp³-hybridized carbons (Fsp3) is 0.929. The van der Waals surface area contributed by atoms with Gasteiger partial charge in [-0.15, -0.1) is 0 Å². The number of carbonyl (C=O) groups is 2. The van der Waals surface area contributed by atoms with Crippen molar-refractivity contribution in [1.82, 2.24) is 0 Å². The molecule has 0 saturated heterocycles. The molecule has 2 N–H and O–H groups in total. The zero-order valence-electron chi connectivity index (χ0n) is 23.6. The molecule has 0 aliphatic rings. The summed E-state index contributed by atoms with van der Waals surface area (Å²) < 4.78 is 25.9. The predicted molar refractivity (Wildman–Crippen MR) is 147 cm³/mol. The summed E-state index contributed by atoms with van der Waals surface area (Å²) in [5.74, 6) is -0.899. The summed E-state index contributed by atoms with van der Waals surface area (Å²) in [6, 6.07) is 0. The topological polar surface area (TPSA) is 119 Å². The number of hydrogen-bond donors (Lipinski definition) is 2. The minimum atomic E-state index is -4.72. The van der Waals surface area contributed by atoms with E-state index in [4.69, 9.17) is 19.3 Å². The number of hydrogen-bond acceptors (Lipinski definition) is 6. The van der Waals surface area contributed by atoms with Crippen LogP contribution in [0.1, 0.15) is 149 Å². The van der Waals surface area contributed by atoms with Crippen molar-refractivity contribution >= 4 is 19.8 Å². The Morgan fingerprint density at radius 1 is 0.595 bits per heavy atom. The van der Waals surface area contributed by atoms with Crippen LogP contribution < -0.4 is 0 Å². The van der Waals surface area contributed by atoms with Crippen molar-refractivity contribution in [2.24, 2.45) is 0 Å². The largest absolute Gasteiger partial charge is 0.469 e. The highest BCUT2D eigenvalue weighted by molar-refractivity contribution is 7.46. The molecule has 0 heterocycles. The lowest BCUT2D eigenvalue weighted by Crippen LogP contribution is -2.29. The van der Waals surface area contributed by atoms with Gasteiger partial charge in [-0.25, -0.2) is 4.57 Å². The lowest BCUT2D eigenvalue weighted by atomic mass is 10.0. The Bertz CT molecular complexity index is 593. The van der Waals surface area contributed by atoms with E-state index in [0.717, 1.165) is 38.5 Å². The molecular weight excluding hydrogens is 495 g/mol. The zero-order valence-corrected chi connectivity index (χ0v) is 24.5. The molecule has 0 aromatic heterocycles. The highest BCUT2D eigenvalue weighted by Gasteiger charge is 2.22. The van der Waals surface area contributed by atoms with E-state index in [2.05, 4.69) is 18.4 Å². The Morgan fingerprint density at radius 3 is 1.41 bits per heavy atom. The van der Waals surface area contributed by atoms with E-state index in [-0.39, 0.29) is 19.4 Å². The summed E-state index contributed by atoms with van der Waals surface area (Å²) in [6.07, 6.45) is 21.8. The molecule has 0 spiro atoms. The van der Waals surface area contributed by atoms with E-state index >= 15 is 0 Å². The fourth-order valence-corrected chi connectivity index (χ4v) is 4.50.